The van der Waals surface area contributed by atoms with Crippen LogP contribution in [0.3, 0.4) is 0 Å². The molecule has 0 saturated heterocycles. The number of carbonyl (C=O) groups is 2. The quantitative estimate of drug-likeness (QED) is 0.741. The number of amides is 2. The Hall–Kier alpha value is -1.46. The molecule has 0 fully saturated rings. The lowest BCUT2D eigenvalue weighted by Crippen LogP contribution is -2.42. The molecule has 7 heteroatoms. The van der Waals surface area contributed by atoms with Crippen LogP contribution < -0.4 is 16.4 Å². The molecule has 21 heavy (non-hydrogen) atoms. The number of nitrogens with one attached hydrogen (secondary N) is 2. The number of nitrogen functional groups attached to an aromatic ring is 1. The zero-order valence-corrected chi connectivity index (χ0v) is 13.7. The molecule has 116 valence electrons. The van der Waals surface area contributed by atoms with E-state index in [2.05, 4.69) is 10.6 Å². The highest BCUT2D eigenvalue weighted by atomic mass is 35.5. The van der Waals surface area contributed by atoms with Gasteiger partial charge in [0.25, 0.3) is 5.91 Å². The Bertz CT molecular complexity index is 531. The number of benzene rings is 1. The van der Waals surface area contributed by atoms with Gasteiger partial charge in [-0.3, -0.25) is 9.59 Å². The molecule has 0 radical (unpaired) electrons. The summed E-state index contributed by atoms with van der Waals surface area (Å²) in [7, 11) is 0. The molecule has 0 saturated carbocycles. The van der Waals surface area contributed by atoms with Crippen LogP contribution in [0.4, 0.5) is 5.69 Å². The van der Waals surface area contributed by atoms with E-state index in [0.717, 1.165) is 0 Å². The van der Waals surface area contributed by atoms with Gasteiger partial charge in [-0.25, -0.2) is 0 Å². The van der Waals surface area contributed by atoms with Crippen molar-refractivity contribution in [2.75, 3.05) is 12.3 Å². The van der Waals surface area contributed by atoms with Crippen LogP contribution in [0.2, 0.25) is 10.0 Å². The molecule has 0 aliphatic rings. The van der Waals surface area contributed by atoms with Crippen LogP contribution in [0.25, 0.3) is 0 Å². The number of halogens is 2. The highest BCUT2D eigenvalue weighted by Gasteiger charge is 2.14. The largest absolute Gasteiger partial charge is 0.397 e. The van der Waals surface area contributed by atoms with E-state index < -0.39 is 0 Å². The fourth-order valence-corrected chi connectivity index (χ4v) is 1.95. The van der Waals surface area contributed by atoms with Crippen LogP contribution in [0.5, 0.6) is 0 Å². The van der Waals surface area contributed by atoms with E-state index in [1.807, 2.05) is 20.8 Å². The van der Waals surface area contributed by atoms with Crippen molar-refractivity contribution in [1.82, 2.24) is 10.6 Å². The number of nitrogens with two attached hydrogens (primary N) is 1. The maximum absolute atomic E-state index is 11.9. The van der Waals surface area contributed by atoms with Crippen molar-refractivity contribution in [2.24, 2.45) is 0 Å². The lowest BCUT2D eigenvalue weighted by Gasteiger charge is -2.20. The summed E-state index contributed by atoms with van der Waals surface area (Å²) >= 11 is 11.7. The summed E-state index contributed by atoms with van der Waals surface area (Å²) in [5.74, 6) is -0.486. The van der Waals surface area contributed by atoms with Crippen LogP contribution in [0.15, 0.2) is 12.1 Å². The fourth-order valence-electron chi connectivity index (χ4n) is 1.61. The second-order valence-electron chi connectivity index (χ2n) is 5.67. The maximum atomic E-state index is 11.9. The number of carbonyl (C=O) groups excluding carboxylic acids is 2. The van der Waals surface area contributed by atoms with Gasteiger partial charge in [0.2, 0.25) is 5.91 Å². The van der Waals surface area contributed by atoms with E-state index in [4.69, 9.17) is 28.9 Å². The monoisotopic (exact) mass is 331 g/mol. The average Bonchev–Trinajstić information content (AvgIpc) is 2.32. The Balaban J connectivity index is 2.54. The van der Waals surface area contributed by atoms with Crippen molar-refractivity contribution in [2.45, 2.75) is 32.7 Å². The maximum Gasteiger partial charge on any atom is 0.251 e. The van der Waals surface area contributed by atoms with Crippen LogP contribution in [0, 0.1) is 0 Å². The second kappa shape index (κ2) is 7.00. The van der Waals surface area contributed by atoms with Gasteiger partial charge >= 0.3 is 0 Å². The van der Waals surface area contributed by atoms with Crippen LogP contribution in [-0.2, 0) is 4.79 Å². The summed E-state index contributed by atoms with van der Waals surface area (Å²) in [5.41, 5.74) is 5.89. The minimum atomic E-state index is -0.358. The minimum absolute atomic E-state index is 0.128. The lowest BCUT2D eigenvalue weighted by molar-refractivity contribution is -0.122. The molecular weight excluding hydrogens is 313 g/mol. The molecular formula is C14H19Cl2N3O2. The Labute approximate surface area is 134 Å². The first-order valence-electron chi connectivity index (χ1n) is 6.44. The zero-order valence-electron chi connectivity index (χ0n) is 12.2. The van der Waals surface area contributed by atoms with Crippen molar-refractivity contribution in [3.05, 3.63) is 27.7 Å². The second-order valence-corrected chi connectivity index (χ2v) is 6.45. The van der Waals surface area contributed by atoms with Gasteiger partial charge in [0.05, 0.1) is 15.7 Å². The normalized spacial score (nSPS) is 11.1. The van der Waals surface area contributed by atoms with E-state index in [1.165, 1.54) is 12.1 Å². The van der Waals surface area contributed by atoms with Gasteiger partial charge in [-0.2, -0.15) is 0 Å². The van der Waals surface area contributed by atoms with Crippen molar-refractivity contribution in [3.8, 4) is 0 Å². The first kappa shape index (κ1) is 17.6. The SMILES string of the molecule is CC(C)(C)NC(=O)CCNC(=O)c1cc(N)c(Cl)c(Cl)c1. The molecule has 1 rings (SSSR count). The molecule has 0 aromatic heterocycles. The summed E-state index contributed by atoms with van der Waals surface area (Å²) in [6.07, 6.45) is 0.194. The van der Waals surface area contributed by atoms with Gasteiger partial charge in [-0.1, -0.05) is 23.2 Å². The van der Waals surface area contributed by atoms with Crippen LogP contribution >= 0.6 is 23.2 Å². The van der Waals surface area contributed by atoms with Gasteiger partial charge in [0.1, 0.15) is 0 Å². The summed E-state index contributed by atoms with van der Waals surface area (Å²) < 4.78 is 0. The van der Waals surface area contributed by atoms with E-state index in [1.54, 1.807) is 0 Å². The van der Waals surface area contributed by atoms with Gasteiger partial charge in [0, 0.05) is 24.1 Å². The number of rotatable bonds is 4. The van der Waals surface area contributed by atoms with Crippen molar-refractivity contribution >= 4 is 40.7 Å². The molecule has 2 amide bonds. The summed E-state index contributed by atoms with van der Waals surface area (Å²) in [6, 6.07) is 2.88. The van der Waals surface area contributed by atoms with Crippen LogP contribution in [0.1, 0.15) is 37.6 Å². The van der Waals surface area contributed by atoms with Crippen molar-refractivity contribution < 1.29 is 9.59 Å². The highest BCUT2D eigenvalue weighted by molar-refractivity contribution is 6.43. The number of anilines is 1. The third-order valence-corrected chi connectivity index (χ3v) is 3.29. The zero-order chi connectivity index (χ0) is 16.2. The molecule has 1 aromatic carbocycles. The Kier molecular flexibility index (Phi) is 5.87. The lowest BCUT2D eigenvalue weighted by atomic mass is 10.1. The van der Waals surface area contributed by atoms with E-state index >= 15 is 0 Å². The van der Waals surface area contributed by atoms with Gasteiger partial charge in [-0.05, 0) is 32.9 Å². The third kappa shape index (κ3) is 5.81. The number of hydrogen-bond acceptors (Lipinski definition) is 3. The Morgan fingerprint density at radius 2 is 1.86 bits per heavy atom. The van der Waals surface area contributed by atoms with E-state index in [9.17, 15) is 9.59 Å². The van der Waals surface area contributed by atoms with E-state index in [-0.39, 0.29) is 46.1 Å². The average molecular weight is 332 g/mol. The summed E-state index contributed by atoms with van der Waals surface area (Å²) in [5, 5.41) is 5.88. The van der Waals surface area contributed by atoms with Crippen molar-refractivity contribution in [1.29, 1.82) is 0 Å². The predicted octanol–water partition coefficient (Wildman–Crippen LogP) is 2.61. The first-order valence-corrected chi connectivity index (χ1v) is 7.19. The van der Waals surface area contributed by atoms with Gasteiger partial charge in [-0.15, -0.1) is 0 Å². The minimum Gasteiger partial charge on any atom is -0.397 e. The Morgan fingerprint density at radius 1 is 1.24 bits per heavy atom. The molecule has 4 N–H and O–H groups in total. The van der Waals surface area contributed by atoms with Gasteiger partial charge in [0.15, 0.2) is 0 Å². The molecule has 0 heterocycles. The third-order valence-electron chi connectivity index (χ3n) is 2.47. The smallest absolute Gasteiger partial charge is 0.251 e. The molecule has 0 spiro atoms. The molecule has 0 aliphatic heterocycles. The standard InChI is InChI=1S/C14H19Cl2N3O2/c1-14(2,3)19-11(20)4-5-18-13(21)8-6-9(15)12(16)10(17)7-8/h6-7H,4-5,17H2,1-3H3,(H,18,21)(H,19,20). The molecule has 0 atom stereocenters. The number of hydrogen-bond donors (Lipinski definition) is 3. The topological polar surface area (TPSA) is 84.2 Å². The molecule has 0 aliphatic carbocycles. The summed E-state index contributed by atoms with van der Waals surface area (Å²) in [4.78, 5) is 23.5. The predicted molar refractivity (Wildman–Crippen MR) is 85.7 cm³/mol. The van der Waals surface area contributed by atoms with Gasteiger partial charge < -0.3 is 16.4 Å². The first-order chi connectivity index (χ1) is 9.60. The molecule has 5 nitrogen and oxygen atoms in total. The molecule has 0 bridgehead atoms. The van der Waals surface area contributed by atoms with Crippen LogP contribution in [-0.4, -0.2) is 23.9 Å². The van der Waals surface area contributed by atoms with E-state index in [0.29, 0.717) is 5.56 Å². The van der Waals surface area contributed by atoms with Crippen molar-refractivity contribution in [3.63, 3.8) is 0 Å². The molecule has 1 aromatic rings. The highest BCUT2D eigenvalue weighted by Crippen LogP contribution is 2.29. The molecule has 0 unspecified atom stereocenters. The Morgan fingerprint density at radius 3 is 2.38 bits per heavy atom. The summed E-state index contributed by atoms with van der Waals surface area (Å²) in [6.45, 7) is 5.90. The fraction of sp³-hybridized carbons (Fsp3) is 0.429.